The van der Waals surface area contributed by atoms with Crippen LogP contribution in [0.1, 0.15) is 22.8 Å². The first-order valence-corrected chi connectivity index (χ1v) is 10.7. The van der Waals surface area contributed by atoms with Crippen LogP contribution >= 0.6 is 0 Å². The summed E-state index contributed by atoms with van der Waals surface area (Å²) in [5.74, 6) is 1.54. The Bertz CT molecular complexity index is 1310. The Morgan fingerprint density at radius 2 is 1.94 bits per heavy atom. The summed E-state index contributed by atoms with van der Waals surface area (Å²) in [7, 11) is 0. The highest BCUT2D eigenvalue weighted by atomic mass is 16.5. The van der Waals surface area contributed by atoms with Crippen LogP contribution in [-0.2, 0) is 4.74 Å². The van der Waals surface area contributed by atoms with E-state index in [-0.39, 0.29) is 5.78 Å². The lowest BCUT2D eigenvalue weighted by Gasteiger charge is -2.29. The minimum Gasteiger partial charge on any atom is -0.378 e. The van der Waals surface area contributed by atoms with Crippen LogP contribution in [0.5, 0.6) is 0 Å². The molecule has 1 N–H and O–H groups in total. The number of rotatable bonds is 6. The molecule has 33 heavy (non-hydrogen) atoms. The largest absolute Gasteiger partial charge is 0.378 e. The number of ketones is 1. The van der Waals surface area contributed by atoms with Crippen LogP contribution < -0.4 is 10.3 Å². The average molecular weight is 441 g/mol. The highest BCUT2D eigenvalue weighted by Gasteiger charge is 2.18. The number of morpholine rings is 1. The van der Waals surface area contributed by atoms with Gasteiger partial charge >= 0.3 is 0 Å². The van der Waals surface area contributed by atoms with Crippen molar-refractivity contribution in [3.05, 3.63) is 72.1 Å². The van der Waals surface area contributed by atoms with E-state index in [1.807, 2.05) is 40.9 Å². The third-order valence-corrected chi connectivity index (χ3v) is 5.41. The molecule has 0 spiro atoms. The molecule has 9 nitrogen and oxygen atoms in total. The fourth-order valence-electron chi connectivity index (χ4n) is 3.71. The van der Waals surface area contributed by atoms with Crippen molar-refractivity contribution in [1.29, 1.82) is 0 Å². The van der Waals surface area contributed by atoms with Crippen molar-refractivity contribution >= 4 is 29.3 Å². The molecule has 0 bridgehead atoms. The summed E-state index contributed by atoms with van der Waals surface area (Å²) in [6.07, 6.45) is 5.17. The molecule has 0 aliphatic carbocycles. The number of ether oxygens (including phenoxy) is 1. The van der Waals surface area contributed by atoms with Crippen LogP contribution in [0.25, 0.3) is 16.9 Å². The van der Waals surface area contributed by atoms with Crippen LogP contribution in [0.15, 0.2) is 66.0 Å². The van der Waals surface area contributed by atoms with E-state index in [0.29, 0.717) is 30.2 Å². The lowest BCUT2D eigenvalue weighted by molar-refractivity contribution is 0.101. The Morgan fingerprint density at radius 3 is 2.73 bits per heavy atom. The summed E-state index contributed by atoms with van der Waals surface area (Å²) in [6, 6.07) is 15.1. The predicted octanol–water partition coefficient (Wildman–Crippen LogP) is 3.28. The van der Waals surface area contributed by atoms with Gasteiger partial charge in [0.05, 0.1) is 25.1 Å². The smallest absolute Gasteiger partial charge is 0.160 e. The highest BCUT2D eigenvalue weighted by molar-refractivity contribution is 5.96. The summed E-state index contributed by atoms with van der Waals surface area (Å²) >= 11 is 0. The van der Waals surface area contributed by atoms with Crippen LogP contribution in [0.3, 0.4) is 0 Å². The zero-order chi connectivity index (χ0) is 22.6. The van der Waals surface area contributed by atoms with Gasteiger partial charge in [0.15, 0.2) is 17.2 Å². The molecule has 3 aromatic heterocycles. The molecular weight excluding hydrogens is 418 g/mol. The number of nitrogens with one attached hydrogen (secondary N) is 1. The number of Topliss-reactive ketones (excluding diaryl/α,β-unsaturated/α-hetero) is 1. The molecule has 0 saturated carbocycles. The first-order valence-electron chi connectivity index (χ1n) is 10.7. The maximum Gasteiger partial charge on any atom is 0.160 e. The third-order valence-electron chi connectivity index (χ3n) is 5.41. The fraction of sp³-hybridized carbons (Fsp3) is 0.208. The number of pyridine rings is 1. The topological polar surface area (TPSA) is 97.0 Å². The lowest BCUT2D eigenvalue weighted by atomic mass is 10.1. The van der Waals surface area contributed by atoms with Gasteiger partial charge in [-0.05, 0) is 30.7 Å². The van der Waals surface area contributed by atoms with Gasteiger partial charge < -0.3 is 9.64 Å². The molecule has 0 amide bonds. The maximum atomic E-state index is 11.6. The summed E-state index contributed by atoms with van der Waals surface area (Å²) in [6.45, 7) is 4.41. The van der Waals surface area contributed by atoms with Gasteiger partial charge in [0.2, 0.25) is 0 Å². The zero-order valence-electron chi connectivity index (χ0n) is 18.2. The second-order valence-electron chi connectivity index (χ2n) is 7.69. The lowest BCUT2D eigenvalue weighted by Crippen LogP contribution is -2.37. The highest BCUT2D eigenvalue weighted by Crippen LogP contribution is 2.25. The quantitative estimate of drug-likeness (QED) is 0.279. The number of hydrogen-bond donors (Lipinski definition) is 1. The number of nitrogens with zero attached hydrogens (tertiary/aromatic N) is 6. The van der Waals surface area contributed by atoms with Crippen molar-refractivity contribution in [1.82, 2.24) is 19.6 Å². The van der Waals surface area contributed by atoms with Gasteiger partial charge in [-0.15, -0.1) is 0 Å². The maximum absolute atomic E-state index is 11.6. The number of carbonyl (C=O) groups is 1. The van der Waals surface area contributed by atoms with E-state index in [0.717, 1.165) is 35.7 Å². The van der Waals surface area contributed by atoms with E-state index in [1.165, 1.54) is 0 Å². The van der Waals surface area contributed by atoms with Gasteiger partial charge in [0.25, 0.3) is 0 Å². The summed E-state index contributed by atoms with van der Waals surface area (Å²) in [5, 5.41) is 9.14. The standard InChI is InChI=1S/C24H23N7O2/c1-17(32)20-4-2-3-18(13-20)16-26-28-22-15-24(30-9-11-33-12-10-30)31-23(27-22)14-21(29-31)19-5-7-25-8-6-19/h2-8,13-16H,9-12H2,1H3,(H,27,28)/b26-16+. The molecule has 0 unspecified atom stereocenters. The number of anilines is 2. The Labute approximate surface area is 190 Å². The molecule has 4 aromatic rings. The molecule has 1 fully saturated rings. The van der Waals surface area contributed by atoms with E-state index in [2.05, 4.69) is 20.4 Å². The Morgan fingerprint density at radius 1 is 1.12 bits per heavy atom. The fourth-order valence-corrected chi connectivity index (χ4v) is 3.71. The monoisotopic (exact) mass is 441 g/mol. The molecular formula is C24H23N7O2. The normalized spacial score (nSPS) is 14.2. The molecule has 0 atom stereocenters. The van der Waals surface area contributed by atoms with E-state index >= 15 is 0 Å². The van der Waals surface area contributed by atoms with Crippen LogP contribution in [0.2, 0.25) is 0 Å². The second kappa shape index (κ2) is 9.17. The van der Waals surface area contributed by atoms with Crippen molar-refractivity contribution in [3.8, 4) is 11.3 Å². The van der Waals surface area contributed by atoms with Crippen molar-refractivity contribution in [2.24, 2.45) is 5.10 Å². The first-order chi connectivity index (χ1) is 16.2. The molecule has 1 aromatic carbocycles. The number of fused-ring (bicyclic) bond motifs is 1. The number of carbonyl (C=O) groups excluding carboxylic acids is 1. The van der Waals surface area contributed by atoms with E-state index in [1.54, 1.807) is 37.7 Å². The molecule has 4 heterocycles. The van der Waals surface area contributed by atoms with Crippen molar-refractivity contribution in [2.75, 3.05) is 36.6 Å². The number of hydrazone groups is 1. The molecule has 5 rings (SSSR count). The van der Waals surface area contributed by atoms with Gasteiger partial charge in [-0.25, -0.2) is 4.98 Å². The predicted molar refractivity (Wildman–Crippen MR) is 127 cm³/mol. The van der Waals surface area contributed by atoms with Crippen LogP contribution in [0, 0.1) is 0 Å². The minimum atomic E-state index is 0.0196. The first kappa shape index (κ1) is 20.8. The summed E-state index contributed by atoms with van der Waals surface area (Å²) in [5.41, 5.74) is 7.01. The number of hydrogen-bond acceptors (Lipinski definition) is 8. The van der Waals surface area contributed by atoms with Crippen molar-refractivity contribution < 1.29 is 9.53 Å². The minimum absolute atomic E-state index is 0.0196. The molecule has 9 heteroatoms. The van der Waals surface area contributed by atoms with Crippen molar-refractivity contribution in [2.45, 2.75) is 6.92 Å². The van der Waals surface area contributed by atoms with Crippen molar-refractivity contribution in [3.63, 3.8) is 0 Å². The molecule has 1 saturated heterocycles. The number of aromatic nitrogens is 4. The summed E-state index contributed by atoms with van der Waals surface area (Å²) in [4.78, 5) is 22.6. The molecule has 0 radical (unpaired) electrons. The van der Waals surface area contributed by atoms with Gasteiger partial charge in [-0.2, -0.15) is 14.7 Å². The Balaban J connectivity index is 1.48. The summed E-state index contributed by atoms with van der Waals surface area (Å²) < 4.78 is 7.37. The van der Waals surface area contributed by atoms with Crippen LogP contribution in [0.4, 0.5) is 11.6 Å². The molecule has 166 valence electrons. The van der Waals surface area contributed by atoms with E-state index in [4.69, 9.17) is 14.8 Å². The van der Waals surface area contributed by atoms with E-state index < -0.39 is 0 Å². The second-order valence-corrected chi connectivity index (χ2v) is 7.69. The number of benzene rings is 1. The molecule has 1 aliphatic heterocycles. The average Bonchev–Trinajstić information content (AvgIpc) is 3.29. The molecule has 1 aliphatic rings. The van der Waals surface area contributed by atoms with Gasteiger partial charge in [-0.1, -0.05) is 18.2 Å². The van der Waals surface area contributed by atoms with E-state index in [9.17, 15) is 4.79 Å². The SMILES string of the molecule is CC(=O)c1cccc(/C=N/Nc2cc(N3CCOCC3)n3nc(-c4ccncc4)cc3n2)c1. The van der Waals surface area contributed by atoms with Gasteiger partial charge in [0.1, 0.15) is 5.82 Å². The van der Waals surface area contributed by atoms with Gasteiger partial charge in [-0.3, -0.25) is 15.2 Å². The zero-order valence-corrected chi connectivity index (χ0v) is 18.2. The van der Waals surface area contributed by atoms with Gasteiger partial charge in [0, 0.05) is 48.7 Å². The Kier molecular flexibility index (Phi) is 5.77. The third kappa shape index (κ3) is 4.58. The van der Waals surface area contributed by atoms with Crippen LogP contribution in [-0.4, -0.2) is 57.9 Å². The Hall–Kier alpha value is -4.11.